The van der Waals surface area contributed by atoms with Crippen molar-refractivity contribution in [1.82, 2.24) is 5.32 Å². The van der Waals surface area contributed by atoms with Crippen LogP contribution in [-0.2, 0) is 11.0 Å². The molecule has 2 rings (SSSR count). The molecular formula is C14H16ClF3N2O. The highest BCUT2D eigenvalue weighted by atomic mass is 35.5. The minimum Gasteiger partial charge on any atom is -0.326 e. The molecule has 1 amide bonds. The number of anilines is 1. The van der Waals surface area contributed by atoms with Gasteiger partial charge in [-0.3, -0.25) is 4.79 Å². The average Bonchev–Trinajstić information content (AvgIpc) is 2.41. The minimum atomic E-state index is -4.53. The normalized spacial score (nSPS) is 16.8. The van der Waals surface area contributed by atoms with Crippen molar-refractivity contribution in [3.8, 4) is 0 Å². The van der Waals surface area contributed by atoms with Crippen LogP contribution in [0, 0.1) is 5.92 Å². The van der Waals surface area contributed by atoms with Crippen LogP contribution >= 0.6 is 11.6 Å². The Morgan fingerprint density at radius 3 is 2.62 bits per heavy atom. The lowest BCUT2D eigenvalue weighted by molar-refractivity contribution is -0.137. The molecule has 0 aromatic heterocycles. The van der Waals surface area contributed by atoms with Gasteiger partial charge in [-0.15, -0.1) is 0 Å². The van der Waals surface area contributed by atoms with E-state index in [0.717, 1.165) is 38.1 Å². The number of nitrogens with one attached hydrogen (secondary N) is 2. The van der Waals surface area contributed by atoms with Gasteiger partial charge in [-0.05, 0) is 50.0 Å². The van der Waals surface area contributed by atoms with Crippen LogP contribution in [0.4, 0.5) is 18.9 Å². The van der Waals surface area contributed by atoms with E-state index in [1.165, 1.54) is 6.07 Å². The molecule has 1 saturated heterocycles. The molecule has 0 atom stereocenters. The Morgan fingerprint density at radius 2 is 2.00 bits per heavy atom. The zero-order valence-electron chi connectivity index (χ0n) is 11.3. The predicted molar refractivity (Wildman–Crippen MR) is 75.3 cm³/mol. The standard InChI is InChI=1S/C14H16ClF3N2O/c15-12-2-1-10(8-11(12)14(16,17)18)20-13(21)7-9-3-5-19-6-4-9/h1-2,8-9,19H,3-7H2,(H,20,21). The van der Waals surface area contributed by atoms with Gasteiger partial charge in [-0.1, -0.05) is 11.6 Å². The molecule has 0 unspecified atom stereocenters. The van der Waals surface area contributed by atoms with Gasteiger partial charge >= 0.3 is 6.18 Å². The third-order valence-corrected chi connectivity index (χ3v) is 3.82. The van der Waals surface area contributed by atoms with Gasteiger partial charge in [-0.2, -0.15) is 13.2 Å². The minimum absolute atomic E-state index is 0.116. The van der Waals surface area contributed by atoms with Crippen LogP contribution in [0.5, 0.6) is 0 Å². The van der Waals surface area contributed by atoms with Crippen LogP contribution in [0.3, 0.4) is 0 Å². The highest BCUT2D eigenvalue weighted by molar-refractivity contribution is 6.31. The number of alkyl halides is 3. The van der Waals surface area contributed by atoms with Crippen LogP contribution in [-0.4, -0.2) is 19.0 Å². The molecule has 1 aromatic carbocycles. The van der Waals surface area contributed by atoms with Crippen molar-refractivity contribution in [3.63, 3.8) is 0 Å². The van der Waals surface area contributed by atoms with Crippen molar-refractivity contribution in [3.05, 3.63) is 28.8 Å². The molecule has 1 aliphatic heterocycles. The third kappa shape index (κ3) is 4.61. The summed E-state index contributed by atoms with van der Waals surface area (Å²) in [5, 5.41) is 5.33. The van der Waals surface area contributed by atoms with Crippen LogP contribution in [0.25, 0.3) is 0 Å². The number of amides is 1. The maximum absolute atomic E-state index is 12.7. The molecular weight excluding hydrogens is 305 g/mol. The third-order valence-electron chi connectivity index (χ3n) is 3.49. The van der Waals surface area contributed by atoms with Crippen LogP contribution in [0.2, 0.25) is 5.02 Å². The Balaban J connectivity index is 2.00. The summed E-state index contributed by atoms with van der Waals surface area (Å²) in [7, 11) is 0. The zero-order chi connectivity index (χ0) is 15.5. The van der Waals surface area contributed by atoms with Gasteiger partial charge in [0.1, 0.15) is 0 Å². The second kappa shape index (κ2) is 6.66. The number of carbonyl (C=O) groups is 1. The molecule has 116 valence electrons. The fraction of sp³-hybridized carbons (Fsp3) is 0.500. The van der Waals surface area contributed by atoms with E-state index in [-0.39, 0.29) is 22.5 Å². The summed E-state index contributed by atoms with van der Waals surface area (Å²) in [5.41, 5.74) is -0.825. The molecule has 0 radical (unpaired) electrons. The summed E-state index contributed by atoms with van der Waals surface area (Å²) in [4.78, 5) is 11.9. The molecule has 21 heavy (non-hydrogen) atoms. The summed E-state index contributed by atoms with van der Waals surface area (Å²) in [6, 6.07) is 3.38. The lowest BCUT2D eigenvalue weighted by atomic mass is 9.94. The molecule has 0 aliphatic carbocycles. The molecule has 1 aliphatic rings. The Morgan fingerprint density at radius 1 is 1.33 bits per heavy atom. The summed E-state index contributed by atoms with van der Waals surface area (Å²) in [6.07, 6.45) is -2.40. The second-order valence-corrected chi connectivity index (χ2v) is 5.55. The molecule has 0 bridgehead atoms. The van der Waals surface area contributed by atoms with Gasteiger partial charge < -0.3 is 10.6 Å². The molecule has 2 N–H and O–H groups in total. The van der Waals surface area contributed by atoms with Crippen molar-refractivity contribution in [2.24, 2.45) is 5.92 Å². The topological polar surface area (TPSA) is 41.1 Å². The Bertz CT molecular complexity index is 513. The van der Waals surface area contributed by atoms with Crippen molar-refractivity contribution in [2.75, 3.05) is 18.4 Å². The summed E-state index contributed by atoms with van der Waals surface area (Å²) >= 11 is 5.53. The zero-order valence-corrected chi connectivity index (χ0v) is 12.0. The first-order chi connectivity index (χ1) is 9.86. The Hall–Kier alpha value is -1.27. The van der Waals surface area contributed by atoms with E-state index in [1.807, 2.05) is 0 Å². The number of halogens is 4. The first-order valence-electron chi connectivity index (χ1n) is 6.73. The number of piperidine rings is 1. The first kappa shape index (κ1) is 16.1. The van der Waals surface area contributed by atoms with Crippen LogP contribution in [0.15, 0.2) is 18.2 Å². The lowest BCUT2D eigenvalue weighted by Gasteiger charge is -2.22. The smallest absolute Gasteiger partial charge is 0.326 e. The number of benzene rings is 1. The number of rotatable bonds is 3. The van der Waals surface area contributed by atoms with E-state index < -0.39 is 11.7 Å². The molecule has 0 saturated carbocycles. The van der Waals surface area contributed by atoms with Gasteiger partial charge in [0.25, 0.3) is 0 Å². The molecule has 3 nitrogen and oxygen atoms in total. The Labute approximate surface area is 125 Å². The maximum Gasteiger partial charge on any atom is 0.417 e. The lowest BCUT2D eigenvalue weighted by Crippen LogP contribution is -2.30. The number of hydrogen-bond donors (Lipinski definition) is 2. The molecule has 1 aromatic rings. The van der Waals surface area contributed by atoms with E-state index >= 15 is 0 Å². The largest absolute Gasteiger partial charge is 0.417 e. The van der Waals surface area contributed by atoms with Crippen molar-refractivity contribution < 1.29 is 18.0 Å². The van der Waals surface area contributed by atoms with Crippen molar-refractivity contribution >= 4 is 23.2 Å². The van der Waals surface area contributed by atoms with Crippen molar-refractivity contribution in [1.29, 1.82) is 0 Å². The molecule has 1 fully saturated rings. The van der Waals surface area contributed by atoms with E-state index in [2.05, 4.69) is 10.6 Å². The van der Waals surface area contributed by atoms with E-state index in [9.17, 15) is 18.0 Å². The van der Waals surface area contributed by atoms with Crippen LogP contribution < -0.4 is 10.6 Å². The van der Waals surface area contributed by atoms with Crippen LogP contribution in [0.1, 0.15) is 24.8 Å². The monoisotopic (exact) mass is 320 g/mol. The van der Waals surface area contributed by atoms with Gasteiger partial charge in [-0.25, -0.2) is 0 Å². The maximum atomic E-state index is 12.7. The second-order valence-electron chi connectivity index (χ2n) is 5.14. The number of carbonyl (C=O) groups excluding carboxylic acids is 1. The summed E-state index contributed by atoms with van der Waals surface area (Å²) < 4.78 is 38.2. The summed E-state index contributed by atoms with van der Waals surface area (Å²) in [5.74, 6) is 0.0120. The van der Waals surface area contributed by atoms with Crippen molar-refractivity contribution in [2.45, 2.75) is 25.4 Å². The molecule has 1 heterocycles. The Kier molecular flexibility index (Phi) is 5.11. The SMILES string of the molecule is O=C(CC1CCNCC1)Nc1ccc(Cl)c(C(F)(F)F)c1. The predicted octanol–water partition coefficient (Wildman–Crippen LogP) is 3.69. The van der Waals surface area contributed by atoms with E-state index in [4.69, 9.17) is 11.6 Å². The average molecular weight is 321 g/mol. The molecule has 7 heteroatoms. The number of hydrogen-bond acceptors (Lipinski definition) is 2. The van der Waals surface area contributed by atoms with Gasteiger partial charge in [0.15, 0.2) is 0 Å². The first-order valence-corrected chi connectivity index (χ1v) is 7.11. The highest BCUT2D eigenvalue weighted by Gasteiger charge is 2.33. The fourth-order valence-corrected chi connectivity index (χ4v) is 2.60. The van der Waals surface area contributed by atoms with E-state index in [1.54, 1.807) is 0 Å². The highest BCUT2D eigenvalue weighted by Crippen LogP contribution is 2.36. The van der Waals surface area contributed by atoms with Gasteiger partial charge in [0.2, 0.25) is 5.91 Å². The fourth-order valence-electron chi connectivity index (χ4n) is 2.38. The van der Waals surface area contributed by atoms with E-state index in [0.29, 0.717) is 6.42 Å². The summed E-state index contributed by atoms with van der Waals surface area (Å²) in [6.45, 7) is 1.74. The molecule has 0 spiro atoms. The quantitative estimate of drug-likeness (QED) is 0.892. The van der Waals surface area contributed by atoms with Gasteiger partial charge in [0, 0.05) is 12.1 Å². The van der Waals surface area contributed by atoms with Gasteiger partial charge in [0.05, 0.1) is 10.6 Å².